The third kappa shape index (κ3) is 2.70. The summed E-state index contributed by atoms with van der Waals surface area (Å²) in [6.07, 6.45) is -1.35. The number of halogens is 3. The van der Waals surface area contributed by atoms with Crippen molar-refractivity contribution in [1.29, 1.82) is 0 Å². The lowest BCUT2D eigenvalue weighted by Crippen LogP contribution is -2.14. The van der Waals surface area contributed by atoms with Crippen LogP contribution in [0.1, 0.15) is 43.9 Å². The maximum absolute atomic E-state index is 12.8. The molecule has 0 amide bonds. The summed E-state index contributed by atoms with van der Waals surface area (Å²) in [5.74, 6) is 0.0545. The van der Waals surface area contributed by atoms with E-state index in [1.807, 2.05) is 0 Å². The van der Waals surface area contributed by atoms with Crippen LogP contribution in [0.2, 0.25) is 0 Å². The smallest absolute Gasteiger partial charge is 0.433 e. The van der Waals surface area contributed by atoms with E-state index in [0.717, 1.165) is 19.0 Å². The highest BCUT2D eigenvalue weighted by atomic mass is 19.4. The number of alkyl halides is 3. The molecule has 0 saturated heterocycles. The van der Waals surface area contributed by atoms with Crippen LogP contribution in [-0.2, 0) is 6.18 Å². The van der Waals surface area contributed by atoms with Gasteiger partial charge in [0.15, 0.2) is 5.69 Å². The second-order valence-corrected chi connectivity index (χ2v) is 4.54. The molecular weight excluding hydrogens is 231 g/mol. The van der Waals surface area contributed by atoms with E-state index >= 15 is 0 Å². The van der Waals surface area contributed by atoms with Gasteiger partial charge in [-0.2, -0.15) is 13.2 Å². The van der Waals surface area contributed by atoms with E-state index in [0.29, 0.717) is 5.75 Å². The molecule has 0 N–H and O–H groups in total. The lowest BCUT2D eigenvalue weighted by atomic mass is 10.00. The first-order chi connectivity index (χ1) is 7.89. The summed E-state index contributed by atoms with van der Waals surface area (Å²) >= 11 is 0. The van der Waals surface area contributed by atoms with Gasteiger partial charge in [-0.25, -0.2) is 0 Å². The number of hydrogen-bond donors (Lipinski definition) is 0. The van der Waals surface area contributed by atoms with Gasteiger partial charge >= 0.3 is 6.18 Å². The van der Waals surface area contributed by atoms with Crippen LogP contribution in [0.5, 0.6) is 5.75 Å². The van der Waals surface area contributed by atoms with Crippen molar-refractivity contribution in [3.8, 4) is 5.75 Å². The molecule has 2 rings (SSSR count). The molecule has 2 nitrogen and oxygen atoms in total. The fraction of sp³-hybridized carbons (Fsp3) is 0.583. The fourth-order valence-corrected chi connectivity index (χ4v) is 1.71. The van der Waals surface area contributed by atoms with Crippen LogP contribution in [0.25, 0.3) is 0 Å². The zero-order valence-corrected chi connectivity index (χ0v) is 9.71. The summed E-state index contributed by atoms with van der Waals surface area (Å²) in [6.45, 7) is 3.43. The summed E-state index contributed by atoms with van der Waals surface area (Å²) in [5, 5.41) is 0. The first kappa shape index (κ1) is 12.2. The molecule has 1 heterocycles. The zero-order chi connectivity index (χ0) is 12.6. The lowest BCUT2D eigenvalue weighted by Gasteiger charge is -2.18. The molecule has 1 aromatic heterocycles. The van der Waals surface area contributed by atoms with Crippen molar-refractivity contribution >= 4 is 0 Å². The Morgan fingerprint density at radius 2 is 2.00 bits per heavy atom. The number of aromatic nitrogens is 1. The molecule has 0 aromatic carbocycles. The van der Waals surface area contributed by atoms with E-state index in [4.69, 9.17) is 4.74 Å². The summed E-state index contributed by atoms with van der Waals surface area (Å²) in [7, 11) is 0. The van der Waals surface area contributed by atoms with Gasteiger partial charge in [0, 0.05) is 11.8 Å². The van der Waals surface area contributed by atoms with E-state index in [1.165, 1.54) is 6.07 Å². The highest BCUT2D eigenvalue weighted by Crippen LogP contribution is 2.40. The molecule has 5 heteroatoms. The quantitative estimate of drug-likeness (QED) is 0.808. The predicted molar refractivity (Wildman–Crippen MR) is 57.0 cm³/mol. The van der Waals surface area contributed by atoms with Crippen LogP contribution in [-0.4, -0.2) is 11.1 Å². The maximum Gasteiger partial charge on any atom is 0.433 e. The summed E-state index contributed by atoms with van der Waals surface area (Å²) in [5.41, 5.74) is -0.669. The second kappa shape index (κ2) is 4.20. The second-order valence-electron chi connectivity index (χ2n) is 4.54. The average molecular weight is 245 g/mol. The van der Waals surface area contributed by atoms with Crippen LogP contribution >= 0.6 is 0 Å². The number of ether oxygens (including phenoxy) is 1. The topological polar surface area (TPSA) is 22.1 Å². The van der Waals surface area contributed by atoms with Gasteiger partial charge in [-0.05, 0) is 24.8 Å². The van der Waals surface area contributed by atoms with Gasteiger partial charge in [-0.15, -0.1) is 0 Å². The number of rotatable bonds is 3. The average Bonchev–Trinajstić information content (AvgIpc) is 2.99. The van der Waals surface area contributed by atoms with E-state index in [1.54, 1.807) is 13.8 Å². The molecule has 0 bridgehead atoms. The first-order valence-corrected chi connectivity index (χ1v) is 5.62. The van der Waals surface area contributed by atoms with Crippen molar-refractivity contribution in [3.05, 3.63) is 23.5 Å². The molecule has 0 atom stereocenters. The van der Waals surface area contributed by atoms with Crippen molar-refractivity contribution in [2.45, 2.75) is 44.9 Å². The molecule has 17 heavy (non-hydrogen) atoms. The van der Waals surface area contributed by atoms with Crippen LogP contribution < -0.4 is 4.74 Å². The Bertz CT molecular complexity index is 411. The number of pyridine rings is 1. The maximum atomic E-state index is 12.8. The summed E-state index contributed by atoms with van der Waals surface area (Å²) < 4.78 is 44.0. The molecule has 1 aliphatic carbocycles. The molecule has 0 radical (unpaired) electrons. The molecule has 94 valence electrons. The summed E-state index contributed by atoms with van der Waals surface area (Å²) in [4.78, 5) is 3.45. The minimum Gasteiger partial charge on any atom is -0.490 e. The number of hydrogen-bond acceptors (Lipinski definition) is 2. The molecule has 1 fully saturated rings. The van der Waals surface area contributed by atoms with Crippen molar-refractivity contribution < 1.29 is 17.9 Å². The molecule has 0 unspecified atom stereocenters. The lowest BCUT2D eigenvalue weighted by molar-refractivity contribution is -0.142. The monoisotopic (exact) mass is 245 g/mol. The van der Waals surface area contributed by atoms with Gasteiger partial charge in [-0.1, -0.05) is 13.8 Å². The Labute approximate surface area is 97.8 Å². The Hall–Kier alpha value is -1.26. The molecule has 1 aromatic rings. The van der Waals surface area contributed by atoms with Crippen LogP contribution in [0, 0.1) is 0 Å². The van der Waals surface area contributed by atoms with E-state index in [2.05, 4.69) is 4.98 Å². The van der Waals surface area contributed by atoms with Crippen molar-refractivity contribution in [1.82, 2.24) is 4.98 Å². The molecule has 0 spiro atoms. The molecule has 0 aliphatic heterocycles. The molecule has 1 saturated carbocycles. The number of nitrogens with zero attached hydrogens (tertiary/aromatic N) is 1. The van der Waals surface area contributed by atoms with Crippen LogP contribution in [0.15, 0.2) is 12.3 Å². The third-order valence-corrected chi connectivity index (χ3v) is 2.61. The first-order valence-electron chi connectivity index (χ1n) is 5.62. The largest absolute Gasteiger partial charge is 0.490 e. The Morgan fingerprint density at radius 3 is 2.47 bits per heavy atom. The normalized spacial score (nSPS) is 16.4. The Kier molecular flexibility index (Phi) is 3.02. The van der Waals surface area contributed by atoms with Gasteiger partial charge < -0.3 is 4.74 Å². The highest BCUT2D eigenvalue weighted by molar-refractivity contribution is 5.40. The van der Waals surface area contributed by atoms with Gasteiger partial charge in [0.05, 0.1) is 6.10 Å². The van der Waals surface area contributed by atoms with Crippen molar-refractivity contribution in [2.24, 2.45) is 0 Å². The highest BCUT2D eigenvalue weighted by Gasteiger charge is 2.38. The Balaban J connectivity index is 2.44. The van der Waals surface area contributed by atoms with E-state index in [-0.39, 0.29) is 17.6 Å². The van der Waals surface area contributed by atoms with Gasteiger partial charge in [-0.3, -0.25) is 4.98 Å². The van der Waals surface area contributed by atoms with E-state index in [9.17, 15) is 13.2 Å². The molecular formula is C12H14F3NO. The van der Waals surface area contributed by atoms with Gasteiger partial charge in [0.25, 0.3) is 0 Å². The SMILES string of the molecule is CC(C)c1c(OC2CC2)ccnc1C(F)(F)F. The van der Waals surface area contributed by atoms with E-state index < -0.39 is 11.9 Å². The van der Waals surface area contributed by atoms with Gasteiger partial charge in [0.1, 0.15) is 5.75 Å². The Morgan fingerprint density at radius 1 is 1.35 bits per heavy atom. The molecule has 1 aliphatic rings. The minimum atomic E-state index is -4.43. The van der Waals surface area contributed by atoms with Gasteiger partial charge in [0.2, 0.25) is 0 Å². The standard InChI is InChI=1S/C12H14F3NO/c1-7(2)10-9(17-8-3-4-8)5-6-16-11(10)12(13,14)15/h5-8H,3-4H2,1-2H3. The predicted octanol–water partition coefficient (Wildman–Crippen LogP) is 3.77. The van der Waals surface area contributed by atoms with Crippen molar-refractivity contribution in [3.63, 3.8) is 0 Å². The minimum absolute atomic E-state index is 0.0796. The van der Waals surface area contributed by atoms with Crippen LogP contribution in [0.4, 0.5) is 13.2 Å². The fourth-order valence-electron chi connectivity index (χ4n) is 1.71. The zero-order valence-electron chi connectivity index (χ0n) is 9.71. The third-order valence-electron chi connectivity index (χ3n) is 2.61. The van der Waals surface area contributed by atoms with Crippen molar-refractivity contribution in [2.75, 3.05) is 0 Å². The van der Waals surface area contributed by atoms with Crippen LogP contribution in [0.3, 0.4) is 0 Å². The summed E-state index contributed by atoms with van der Waals surface area (Å²) in [6, 6.07) is 1.52.